The van der Waals surface area contributed by atoms with Crippen molar-refractivity contribution in [3.8, 4) is 5.75 Å². The minimum Gasteiger partial charge on any atom is -0.495 e. The van der Waals surface area contributed by atoms with Crippen LogP contribution in [0.3, 0.4) is 0 Å². The van der Waals surface area contributed by atoms with Gasteiger partial charge >= 0.3 is 0 Å². The fraction of sp³-hybridized carbons (Fsp3) is 0.500. The third-order valence-corrected chi connectivity index (χ3v) is 3.29. The number of para-hydroxylation sites is 2. The number of nitrogens with zero attached hydrogens (tertiary/aromatic N) is 2. The summed E-state index contributed by atoms with van der Waals surface area (Å²) in [6.07, 6.45) is 1.05. The second-order valence-corrected chi connectivity index (χ2v) is 4.61. The lowest BCUT2D eigenvalue weighted by Crippen LogP contribution is -2.41. The van der Waals surface area contributed by atoms with Crippen molar-refractivity contribution in [2.45, 2.75) is 19.4 Å². The van der Waals surface area contributed by atoms with Gasteiger partial charge in [-0.15, -0.1) is 24.0 Å². The van der Waals surface area contributed by atoms with Gasteiger partial charge in [0.15, 0.2) is 5.96 Å². The molecule has 1 aliphatic heterocycles. The van der Waals surface area contributed by atoms with Crippen molar-refractivity contribution in [1.82, 2.24) is 5.32 Å². The molecule has 1 fully saturated rings. The molecule has 0 saturated carbocycles. The van der Waals surface area contributed by atoms with Crippen molar-refractivity contribution in [1.29, 1.82) is 0 Å². The van der Waals surface area contributed by atoms with Crippen molar-refractivity contribution >= 4 is 35.6 Å². The maximum Gasteiger partial charge on any atom is 0.188 e. The summed E-state index contributed by atoms with van der Waals surface area (Å²) >= 11 is 0. The predicted octanol–water partition coefficient (Wildman–Crippen LogP) is 1.82. The second-order valence-electron chi connectivity index (χ2n) is 4.61. The molecule has 1 atom stereocenters. The molecule has 1 aliphatic rings. The summed E-state index contributed by atoms with van der Waals surface area (Å²) in [5, 5.41) is 3.26. The summed E-state index contributed by atoms with van der Waals surface area (Å²) in [5.74, 6) is 1.45. The third kappa shape index (κ3) is 4.16. The van der Waals surface area contributed by atoms with Crippen molar-refractivity contribution in [3.05, 3.63) is 24.3 Å². The van der Waals surface area contributed by atoms with Gasteiger partial charge in [-0.2, -0.15) is 0 Å². The molecular formula is C14H23IN4O. The van der Waals surface area contributed by atoms with E-state index in [9.17, 15) is 0 Å². The average molecular weight is 390 g/mol. The van der Waals surface area contributed by atoms with E-state index in [4.69, 9.17) is 10.5 Å². The molecule has 6 heteroatoms. The highest BCUT2D eigenvalue weighted by molar-refractivity contribution is 14.0. The summed E-state index contributed by atoms with van der Waals surface area (Å²) in [6, 6.07) is 8.44. The van der Waals surface area contributed by atoms with E-state index in [1.807, 2.05) is 25.1 Å². The smallest absolute Gasteiger partial charge is 0.188 e. The van der Waals surface area contributed by atoms with Gasteiger partial charge in [-0.05, 0) is 25.5 Å². The van der Waals surface area contributed by atoms with E-state index >= 15 is 0 Å². The summed E-state index contributed by atoms with van der Waals surface area (Å²) < 4.78 is 5.40. The first-order valence-corrected chi connectivity index (χ1v) is 6.69. The van der Waals surface area contributed by atoms with Gasteiger partial charge in [0.2, 0.25) is 0 Å². The van der Waals surface area contributed by atoms with Gasteiger partial charge < -0.3 is 20.7 Å². The van der Waals surface area contributed by atoms with E-state index in [-0.39, 0.29) is 24.0 Å². The lowest BCUT2D eigenvalue weighted by atomic mass is 10.2. The number of ether oxygens (including phenoxy) is 1. The highest BCUT2D eigenvalue weighted by Crippen LogP contribution is 2.30. The number of methoxy groups -OCH3 is 1. The molecule has 0 amide bonds. The number of nitrogens with two attached hydrogens (primary N) is 1. The quantitative estimate of drug-likeness (QED) is 0.468. The molecule has 1 aromatic rings. The number of hydrogen-bond acceptors (Lipinski definition) is 3. The molecule has 1 aromatic carbocycles. The Hall–Kier alpha value is -1.18. The standard InChI is InChI=1S/C14H22N4O.HI/c1-3-16-14(15)17-11-8-9-18(10-11)12-6-4-5-7-13(12)19-2;/h4-7,11H,3,8-10H2,1-2H3,(H3,15,16,17);1H. The van der Waals surface area contributed by atoms with Gasteiger partial charge in [0.25, 0.3) is 0 Å². The lowest BCUT2D eigenvalue weighted by molar-refractivity contribution is 0.415. The van der Waals surface area contributed by atoms with Crippen LogP contribution in [-0.4, -0.2) is 38.7 Å². The molecule has 2 rings (SSSR count). The SMILES string of the molecule is CCN=C(N)NC1CCN(c2ccccc2OC)C1.I. The van der Waals surface area contributed by atoms with E-state index in [1.54, 1.807) is 7.11 Å². The van der Waals surface area contributed by atoms with E-state index in [2.05, 4.69) is 21.3 Å². The number of halogens is 1. The van der Waals surface area contributed by atoms with Gasteiger partial charge in [0, 0.05) is 25.7 Å². The van der Waals surface area contributed by atoms with Crippen LogP contribution in [0, 0.1) is 0 Å². The minimum absolute atomic E-state index is 0. The molecule has 112 valence electrons. The Morgan fingerprint density at radius 2 is 2.25 bits per heavy atom. The summed E-state index contributed by atoms with van der Waals surface area (Å²) in [5.41, 5.74) is 6.94. The third-order valence-electron chi connectivity index (χ3n) is 3.29. The predicted molar refractivity (Wildman–Crippen MR) is 94.3 cm³/mol. The van der Waals surface area contributed by atoms with Gasteiger partial charge in [0.1, 0.15) is 5.75 Å². The maximum absolute atomic E-state index is 5.80. The molecule has 0 spiro atoms. The number of benzene rings is 1. The first kappa shape index (κ1) is 16.9. The normalized spacial score (nSPS) is 18.6. The van der Waals surface area contributed by atoms with Gasteiger partial charge in [-0.3, -0.25) is 4.99 Å². The Morgan fingerprint density at radius 1 is 1.50 bits per heavy atom. The average Bonchev–Trinajstić information content (AvgIpc) is 2.87. The number of hydrogen-bond donors (Lipinski definition) is 2. The van der Waals surface area contributed by atoms with Crippen LogP contribution in [0.15, 0.2) is 29.3 Å². The molecular weight excluding hydrogens is 367 g/mol. The van der Waals surface area contributed by atoms with Gasteiger partial charge in [-0.25, -0.2) is 0 Å². The monoisotopic (exact) mass is 390 g/mol. The molecule has 0 bridgehead atoms. The zero-order valence-electron chi connectivity index (χ0n) is 12.0. The van der Waals surface area contributed by atoms with Gasteiger partial charge in [-0.1, -0.05) is 12.1 Å². The summed E-state index contributed by atoms with van der Waals surface area (Å²) in [6.45, 7) is 4.60. The highest BCUT2D eigenvalue weighted by atomic mass is 127. The zero-order chi connectivity index (χ0) is 13.7. The first-order valence-electron chi connectivity index (χ1n) is 6.69. The number of guanidine groups is 1. The molecule has 20 heavy (non-hydrogen) atoms. The molecule has 3 N–H and O–H groups in total. The molecule has 0 aliphatic carbocycles. The lowest BCUT2D eigenvalue weighted by Gasteiger charge is -2.21. The summed E-state index contributed by atoms with van der Waals surface area (Å²) in [4.78, 5) is 6.47. The zero-order valence-corrected chi connectivity index (χ0v) is 14.3. The molecule has 0 radical (unpaired) electrons. The van der Waals surface area contributed by atoms with E-state index in [0.717, 1.165) is 30.9 Å². The van der Waals surface area contributed by atoms with Crippen molar-refractivity contribution in [3.63, 3.8) is 0 Å². The Kier molecular flexibility index (Phi) is 6.90. The fourth-order valence-electron chi connectivity index (χ4n) is 2.41. The Morgan fingerprint density at radius 3 is 2.95 bits per heavy atom. The first-order chi connectivity index (χ1) is 9.24. The fourth-order valence-corrected chi connectivity index (χ4v) is 2.41. The molecule has 0 aromatic heterocycles. The van der Waals surface area contributed by atoms with Crippen LogP contribution in [0.25, 0.3) is 0 Å². The van der Waals surface area contributed by atoms with Crippen molar-refractivity contribution < 1.29 is 4.74 Å². The number of rotatable bonds is 4. The van der Waals surface area contributed by atoms with Crippen LogP contribution in [0.4, 0.5) is 5.69 Å². The molecule has 1 unspecified atom stereocenters. The minimum atomic E-state index is 0. The maximum atomic E-state index is 5.80. The van der Waals surface area contributed by atoms with E-state index in [1.165, 1.54) is 0 Å². The van der Waals surface area contributed by atoms with Crippen LogP contribution in [0.5, 0.6) is 5.75 Å². The molecule has 1 saturated heterocycles. The largest absolute Gasteiger partial charge is 0.495 e. The highest BCUT2D eigenvalue weighted by Gasteiger charge is 2.24. The van der Waals surface area contributed by atoms with Crippen molar-refractivity contribution in [2.24, 2.45) is 10.7 Å². The van der Waals surface area contributed by atoms with E-state index < -0.39 is 0 Å². The van der Waals surface area contributed by atoms with Crippen molar-refractivity contribution in [2.75, 3.05) is 31.6 Å². The van der Waals surface area contributed by atoms with Gasteiger partial charge in [0.05, 0.1) is 12.8 Å². The molecule has 1 heterocycles. The van der Waals surface area contributed by atoms with Crippen LogP contribution >= 0.6 is 24.0 Å². The van der Waals surface area contributed by atoms with Crippen LogP contribution in [0.2, 0.25) is 0 Å². The summed E-state index contributed by atoms with van der Waals surface area (Å²) in [7, 11) is 1.70. The Bertz CT molecular complexity index is 453. The van der Waals surface area contributed by atoms with Crippen LogP contribution in [-0.2, 0) is 0 Å². The van der Waals surface area contributed by atoms with Crippen LogP contribution in [0.1, 0.15) is 13.3 Å². The Labute approximate surface area is 137 Å². The topological polar surface area (TPSA) is 62.9 Å². The van der Waals surface area contributed by atoms with Crippen LogP contribution < -0.4 is 20.7 Å². The number of anilines is 1. The second kappa shape index (κ2) is 8.18. The van der Waals surface area contributed by atoms with E-state index in [0.29, 0.717) is 18.5 Å². The number of aliphatic imine (C=N–C) groups is 1. The Balaban J connectivity index is 0.00000200. The molecule has 5 nitrogen and oxygen atoms in total. The number of nitrogens with one attached hydrogen (secondary N) is 1.